The molecular weight excluding hydrogens is 210 g/mol. The third-order valence-corrected chi connectivity index (χ3v) is 2.46. The van der Waals surface area contributed by atoms with E-state index in [1.807, 2.05) is 34.9 Å². The van der Waals surface area contributed by atoms with Gasteiger partial charge in [-0.05, 0) is 18.0 Å². The molecule has 0 fully saturated rings. The second-order valence-corrected chi connectivity index (χ2v) is 3.65. The predicted octanol–water partition coefficient (Wildman–Crippen LogP) is 3.01. The van der Waals surface area contributed by atoms with Gasteiger partial charge in [0.15, 0.2) is 5.82 Å². The Balaban J connectivity index is 2.44. The molecule has 0 N–H and O–H groups in total. The van der Waals surface area contributed by atoms with Crippen LogP contribution in [0.25, 0.3) is 11.4 Å². The average molecular weight is 222 g/mol. The normalized spacial score (nSPS) is 10.5. The van der Waals surface area contributed by atoms with Crippen molar-refractivity contribution in [2.45, 2.75) is 19.9 Å². The van der Waals surface area contributed by atoms with Crippen LogP contribution >= 0.6 is 11.6 Å². The highest BCUT2D eigenvalue weighted by Gasteiger charge is 2.10. The molecule has 0 spiro atoms. The van der Waals surface area contributed by atoms with E-state index in [1.165, 1.54) is 0 Å². The molecule has 1 aromatic carbocycles. The van der Waals surface area contributed by atoms with E-state index in [4.69, 9.17) is 11.6 Å². The van der Waals surface area contributed by atoms with Crippen LogP contribution in [0.2, 0.25) is 5.28 Å². The van der Waals surface area contributed by atoms with Crippen LogP contribution in [0, 0.1) is 0 Å². The van der Waals surface area contributed by atoms with Crippen molar-refractivity contribution in [3.05, 3.63) is 35.6 Å². The molecule has 1 heterocycles. The summed E-state index contributed by atoms with van der Waals surface area (Å²) in [4.78, 5) is 0. The number of rotatable bonds is 3. The molecule has 0 aliphatic heterocycles. The van der Waals surface area contributed by atoms with Gasteiger partial charge < -0.3 is 0 Å². The van der Waals surface area contributed by atoms with Gasteiger partial charge in [0.25, 0.3) is 0 Å². The van der Waals surface area contributed by atoms with Gasteiger partial charge in [0.05, 0.1) is 0 Å². The first-order valence-corrected chi connectivity index (χ1v) is 5.35. The van der Waals surface area contributed by atoms with Crippen molar-refractivity contribution in [1.82, 2.24) is 14.8 Å². The van der Waals surface area contributed by atoms with Gasteiger partial charge in [-0.15, -0.1) is 10.2 Å². The Kier molecular flexibility index (Phi) is 3.02. The summed E-state index contributed by atoms with van der Waals surface area (Å²) in [6.07, 6.45) is 1.01. The zero-order chi connectivity index (χ0) is 10.7. The van der Waals surface area contributed by atoms with Gasteiger partial charge in [-0.1, -0.05) is 37.3 Å². The van der Waals surface area contributed by atoms with Crippen molar-refractivity contribution >= 4 is 11.6 Å². The molecule has 0 atom stereocenters. The largest absolute Gasteiger partial charge is 0.298 e. The summed E-state index contributed by atoms with van der Waals surface area (Å²) < 4.78 is 1.93. The predicted molar refractivity (Wildman–Crippen MR) is 60.8 cm³/mol. The highest BCUT2D eigenvalue weighted by Crippen LogP contribution is 2.20. The zero-order valence-corrected chi connectivity index (χ0v) is 9.28. The third kappa shape index (κ3) is 2.02. The molecular formula is C11H12ClN3. The van der Waals surface area contributed by atoms with E-state index < -0.39 is 0 Å². The number of aromatic nitrogens is 3. The van der Waals surface area contributed by atoms with Crippen LogP contribution in [0.4, 0.5) is 0 Å². The summed E-state index contributed by atoms with van der Waals surface area (Å²) in [5.41, 5.74) is 1.05. The number of hydrogen-bond donors (Lipinski definition) is 0. The minimum atomic E-state index is 0.454. The molecule has 0 saturated heterocycles. The number of nitrogens with zero attached hydrogens (tertiary/aromatic N) is 3. The lowest BCUT2D eigenvalue weighted by molar-refractivity contribution is 0.683. The Morgan fingerprint density at radius 1 is 1.20 bits per heavy atom. The topological polar surface area (TPSA) is 30.7 Å². The van der Waals surface area contributed by atoms with Gasteiger partial charge in [0.2, 0.25) is 5.28 Å². The molecule has 0 aliphatic rings. The lowest BCUT2D eigenvalue weighted by Crippen LogP contribution is -1.99. The molecule has 78 valence electrons. The van der Waals surface area contributed by atoms with Crippen molar-refractivity contribution in [3.8, 4) is 11.4 Å². The summed E-state index contributed by atoms with van der Waals surface area (Å²) in [5, 5.41) is 8.43. The summed E-state index contributed by atoms with van der Waals surface area (Å²) in [6.45, 7) is 2.95. The van der Waals surface area contributed by atoms with Crippen molar-refractivity contribution < 1.29 is 0 Å². The van der Waals surface area contributed by atoms with Gasteiger partial charge >= 0.3 is 0 Å². The van der Waals surface area contributed by atoms with E-state index in [1.54, 1.807) is 0 Å². The third-order valence-electron chi connectivity index (χ3n) is 2.18. The molecule has 0 unspecified atom stereocenters. The van der Waals surface area contributed by atoms with Crippen LogP contribution in [0.3, 0.4) is 0 Å². The van der Waals surface area contributed by atoms with Gasteiger partial charge in [-0.25, -0.2) is 0 Å². The smallest absolute Gasteiger partial charge is 0.225 e. The van der Waals surface area contributed by atoms with Crippen LogP contribution in [-0.2, 0) is 6.54 Å². The van der Waals surface area contributed by atoms with Crippen molar-refractivity contribution in [3.63, 3.8) is 0 Å². The summed E-state index contributed by atoms with van der Waals surface area (Å²) in [7, 11) is 0. The van der Waals surface area contributed by atoms with Crippen LogP contribution in [0.15, 0.2) is 30.3 Å². The first kappa shape index (κ1) is 10.2. The fraction of sp³-hybridized carbons (Fsp3) is 0.273. The number of hydrogen-bond acceptors (Lipinski definition) is 2. The fourth-order valence-corrected chi connectivity index (χ4v) is 1.71. The second-order valence-electron chi connectivity index (χ2n) is 3.31. The Morgan fingerprint density at radius 3 is 2.60 bits per heavy atom. The van der Waals surface area contributed by atoms with E-state index >= 15 is 0 Å². The Labute approximate surface area is 93.7 Å². The van der Waals surface area contributed by atoms with Crippen LogP contribution in [-0.4, -0.2) is 14.8 Å². The van der Waals surface area contributed by atoms with Crippen molar-refractivity contribution in [2.75, 3.05) is 0 Å². The quantitative estimate of drug-likeness (QED) is 0.798. The highest BCUT2D eigenvalue weighted by atomic mass is 35.5. The average Bonchev–Trinajstić information content (AvgIpc) is 2.63. The summed E-state index contributed by atoms with van der Waals surface area (Å²) in [5.74, 6) is 0.836. The van der Waals surface area contributed by atoms with Crippen molar-refractivity contribution in [1.29, 1.82) is 0 Å². The van der Waals surface area contributed by atoms with E-state index in [2.05, 4.69) is 17.1 Å². The molecule has 0 amide bonds. The minimum Gasteiger partial charge on any atom is -0.298 e. The molecule has 2 rings (SSSR count). The molecule has 0 bridgehead atoms. The molecule has 1 aromatic heterocycles. The van der Waals surface area contributed by atoms with E-state index in [9.17, 15) is 0 Å². The fourth-order valence-electron chi connectivity index (χ4n) is 1.51. The Bertz CT molecular complexity index is 436. The van der Waals surface area contributed by atoms with Crippen LogP contribution in [0.1, 0.15) is 13.3 Å². The lowest BCUT2D eigenvalue weighted by atomic mass is 10.2. The minimum absolute atomic E-state index is 0.454. The first-order chi connectivity index (χ1) is 7.33. The number of benzene rings is 1. The van der Waals surface area contributed by atoms with Crippen LogP contribution < -0.4 is 0 Å². The number of halogens is 1. The first-order valence-electron chi connectivity index (χ1n) is 4.97. The maximum atomic E-state index is 5.96. The van der Waals surface area contributed by atoms with Gasteiger partial charge in [0, 0.05) is 12.1 Å². The van der Waals surface area contributed by atoms with E-state index in [0.29, 0.717) is 5.28 Å². The lowest BCUT2D eigenvalue weighted by Gasteiger charge is -2.05. The monoisotopic (exact) mass is 221 g/mol. The van der Waals surface area contributed by atoms with Gasteiger partial charge in [0.1, 0.15) is 0 Å². The maximum absolute atomic E-state index is 5.96. The standard InChI is InChI=1S/C11H12ClN3/c1-2-8-15-10(13-14-11(15)12)9-6-4-3-5-7-9/h3-7H,2,8H2,1H3. The molecule has 15 heavy (non-hydrogen) atoms. The molecule has 0 radical (unpaired) electrons. The molecule has 0 aliphatic carbocycles. The van der Waals surface area contributed by atoms with Crippen molar-refractivity contribution in [2.24, 2.45) is 0 Å². The summed E-state index contributed by atoms with van der Waals surface area (Å²) >= 11 is 5.96. The summed E-state index contributed by atoms with van der Waals surface area (Å²) in [6, 6.07) is 9.95. The second kappa shape index (κ2) is 4.45. The zero-order valence-electron chi connectivity index (χ0n) is 8.52. The van der Waals surface area contributed by atoms with Gasteiger partial charge in [-0.2, -0.15) is 0 Å². The maximum Gasteiger partial charge on any atom is 0.225 e. The molecule has 2 aromatic rings. The van der Waals surface area contributed by atoms with E-state index in [0.717, 1.165) is 24.4 Å². The van der Waals surface area contributed by atoms with E-state index in [-0.39, 0.29) is 0 Å². The molecule has 3 nitrogen and oxygen atoms in total. The van der Waals surface area contributed by atoms with Crippen LogP contribution in [0.5, 0.6) is 0 Å². The molecule has 0 saturated carbocycles. The molecule has 4 heteroatoms. The highest BCUT2D eigenvalue weighted by molar-refractivity contribution is 6.28. The SMILES string of the molecule is CCCn1c(Cl)nnc1-c1ccccc1. The Hall–Kier alpha value is -1.35. The van der Waals surface area contributed by atoms with Gasteiger partial charge in [-0.3, -0.25) is 4.57 Å². The Morgan fingerprint density at radius 2 is 1.93 bits per heavy atom.